The number of hydrogen-bond acceptors (Lipinski definition) is 2. The molecule has 0 saturated carbocycles. The zero-order valence-electron chi connectivity index (χ0n) is 13.5. The number of rotatable bonds is 6. The summed E-state index contributed by atoms with van der Waals surface area (Å²) in [5.41, 5.74) is 5.50. The summed E-state index contributed by atoms with van der Waals surface area (Å²) in [5, 5.41) is 7.58. The lowest BCUT2D eigenvalue weighted by Crippen LogP contribution is -2.46. The van der Waals surface area contributed by atoms with E-state index < -0.39 is 0 Å². The molecule has 0 bridgehead atoms. The number of likely N-dealkylation sites (tertiary alicyclic amines) is 1. The lowest BCUT2D eigenvalue weighted by molar-refractivity contribution is 0.0776. The minimum Gasteiger partial charge on any atom is -0.387 e. The normalized spacial score (nSPS) is 29.4. The largest absolute Gasteiger partial charge is 0.387 e. The van der Waals surface area contributed by atoms with Crippen LogP contribution in [0.2, 0.25) is 0 Å². The van der Waals surface area contributed by atoms with E-state index in [-0.39, 0.29) is 5.41 Å². The van der Waals surface area contributed by atoms with Crippen LogP contribution in [-0.2, 0) is 0 Å². The van der Waals surface area contributed by atoms with Crippen molar-refractivity contribution in [3.63, 3.8) is 0 Å². The minimum absolute atomic E-state index is 0.131. The molecular weight excluding hydrogens is 234 g/mol. The van der Waals surface area contributed by atoms with Gasteiger partial charge < -0.3 is 10.6 Å². The van der Waals surface area contributed by atoms with E-state index >= 15 is 0 Å². The molecular formula is C16H33N3. The highest BCUT2D eigenvalue weighted by Crippen LogP contribution is 2.28. The van der Waals surface area contributed by atoms with Gasteiger partial charge in [0.05, 0.1) is 5.84 Å². The van der Waals surface area contributed by atoms with Crippen LogP contribution in [0.15, 0.2) is 0 Å². The Morgan fingerprint density at radius 3 is 2.47 bits per heavy atom. The molecule has 0 aromatic carbocycles. The van der Waals surface area contributed by atoms with Gasteiger partial charge in [0.15, 0.2) is 0 Å². The Bertz CT molecular complexity index is 298. The van der Waals surface area contributed by atoms with Crippen LogP contribution in [0.5, 0.6) is 0 Å². The summed E-state index contributed by atoms with van der Waals surface area (Å²) in [5.74, 6) is 1.97. The van der Waals surface area contributed by atoms with E-state index in [2.05, 4.69) is 39.5 Å². The van der Waals surface area contributed by atoms with Gasteiger partial charge in [-0.15, -0.1) is 0 Å². The van der Waals surface area contributed by atoms with E-state index in [9.17, 15) is 0 Å². The molecule has 3 N–H and O–H groups in total. The first-order valence-corrected chi connectivity index (χ1v) is 7.82. The van der Waals surface area contributed by atoms with Gasteiger partial charge in [-0.05, 0) is 44.6 Å². The van der Waals surface area contributed by atoms with Crippen molar-refractivity contribution in [2.24, 2.45) is 23.0 Å². The third kappa shape index (κ3) is 4.79. The molecule has 0 aliphatic carbocycles. The summed E-state index contributed by atoms with van der Waals surface area (Å²) in [6.07, 6.45) is 4.78. The molecule has 0 amide bonds. The molecule has 1 saturated heterocycles. The average molecular weight is 267 g/mol. The van der Waals surface area contributed by atoms with Gasteiger partial charge in [0.1, 0.15) is 0 Å². The molecule has 0 radical (unpaired) electrons. The maximum atomic E-state index is 7.58. The lowest BCUT2D eigenvalue weighted by Gasteiger charge is -2.41. The Balaban J connectivity index is 2.31. The van der Waals surface area contributed by atoms with Crippen LogP contribution in [0.3, 0.4) is 0 Å². The Labute approximate surface area is 119 Å². The summed E-state index contributed by atoms with van der Waals surface area (Å²) in [4.78, 5) is 2.65. The summed E-state index contributed by atoms with van der Waals surface area (Å²) < 4.78 is 0. The molecule has 0 spiro atoms. The van der Waals surface area contributed by atoms with Gasteiger partial charge in [-0.3, -0.25) is 5.41 Å². The number of piperidine rings is 1. The standard InChI is InChI=1S/C16H33N3/c1-12-10-13(2)14(3)19(11-12)9-7-6-8-16(4,5)15(17)18/h12-14H,6-11H2,1-5H3,(H3,17,18). The van der Waals surface area contributed by atoms with Gasteiger partial charge in [-0.25, -0.2) is 0 Å². The van der Waals surface area contributed by atoms with E-state index in [1.165, 1.54) is 32.4 Å². The predicted molar refractivity (Wildman–Crippen MR) is 83.5 cm³/mol. The molecule has 112 valence electrons. The maximum absolute atomic E-state index is 7.58. The number of nitrogens with zero attached hydrogens (tertiary/aromatic N) is 1. The van der Waals surface area contributed by atoms with Crippen LogP contribution >= 0.6 is 0 Å². The monoisotopic (exact) mass is 267 g/mol. The van der Waals surface area contributed by atoms with Crippen molar-refractivity contribution in [3.05, 3.63) is 0 Å². The summed E-state index contributed by atoms with van der Waals surface area (Å²) in [6, 6.07) is 0.719. The number of nitrogens with one attached hydrogen (secondary N) is 1. The second-order valence-electron chi connectivity index (χ2n) is 7.31. The van der Waals surface area contributed by atoms with Crippen molar-refractivity contribution in [1.82, 2.24) is 4.90 Å². The van der Waals surface area contributed by atoms with Gasteiger partial charge in [0, 0.05) is 18.0 Å². The molecule has 1 aliphatic heterocycles. The molecule has 1 heterocycles. The zero-order valence-corrected chi connectivity index (χ0v) is 13.5. The number of unbranched alkanes of at least 4 members (excludes halogenated alkanes) is 1. The molecule has 1 fully saturated rings. The maximum Gasteiger partial charge on any atom is 0.0963 e. The fourth-order valence-corrected chi connectivity index (χ4v) is 3.14. The molecule has 1 aliphatic rings. The van der Waals surface area contributed by atoms with Crippen LogP contribution in [-0.4, -0.2) is 29.9 Å². The van der Waals surface area contributed by atoms with Crippen molar-refractivity contribution in [2.45, 2.75) is 66.3 Å². The quantitative estimate of drug-likeness (QED) is 0.440. The molecule has 0 aromatic rings. The van der Waals surface area contributed by atoms with Crippen molar-refractivity contribution < 1.29 is 0 Å². The molecule has 3 heteroatoms. The Hall–Kier alpha value is -0.570. The molecule has 3 unspecified atom stereocenters. The highest BCUT2D eigenvalue weighted by molar-refractivity contribution is 5.82. The van der Waals surface area contributed by atoms with Gasteiger partial charge in [-0.1, -0.05) is 34.1 Å². The van der Waals surface area contributed by atoms with Crippen molar-refractivity contribution >= 4 is 5.84 Å². The Kier molecular flexibility index (Phi) is 5.84. The topological polar surface area (TPSA) is 53.1 Å². The summed E-state index contributed by atoms with van der Waals surface area (Å²) in [7, 11) is 0. The molecule has 19 heavy (non-hydrogen) atoms. The van der Waals surface area contributed by atoms with Gasteiger partial charge >= 0.3 is 0 Å². The van der Waals surface area contributed by atoms with Crippen LogP contribution in [0.4, 0.5) is 0 Å². The van der Waals surface area contributed by atoms with Gasteiger partial charge in [0.25, 0.3) is 0 Å². The first-order valence-electron chi connectivity index (χ1n) is 7.82. The number of hydrogen-bond donors (Lipinski definition) is 2. The third-order valence-corrected chi connectivity index (χ3v) is 4.95. The summed E-state index contributed by atoms with van der Waals surface area (Å²) in [6.45, 7) is 13.7. The smallest absolute Gasteiger partial charge is 0.0963 e. The van der Waals surface area contributed by atoms with E-state index in [4.69, 9.17) is 11.1 Å². The van der Waals surface area contributed by atoms with E-state index in [1.54, 1.807) is 0 Å². The van der Waals surface area contributed by atoms with E-state index in [1.807, 2.05) is 0 Å². The first-order chi connectivity index (χ1) is 8.74. The van der Waals surface area contributed by atoms with E-state index in [0.717, 1.165) is 24.3 Å². The number of nitrogens with two attached hydrogens (primary N) is 1. The SMILES string of the molecule is CC1CC(C)C(C)N(CCCCC(C)(C)C(=N)N)C1. The second-order valence-corrected chi connectivity index (χ2v) is 7.31. The zero-order chi connectivity index (χ0) is 14.6. The third-order valence-electron chi connectivity index (χ3n) is 4.95. The predicted octanol–water partition coefficient (Wildman–Crippen LogP) is 3.49. The first kappa shape index (κ1) is 16.5. The van der Waals surface area contributed by atoms with Crippen molar-refractivity contribution in [2.75, 3.05) is 13.1 Å². The highest BCUT2D eigenvalue weighted by atomic mass is 15.2. The molecule has 3 nitrogen and oxygen atoms in total. The molecule has 1 rings (SSSR count). The van der Waals surface area contributed by atoms with Crippen LogP contribution < -0.4 is 5.73 Å². The fourth-order valence-electron chi connectivity index (χ4n) is 3.14. The van der Waals surface area contributed by atoms with Crippen LogP contribution in [0.1, 0.15) is 60.3 Å². The van der Waals surface area contributed by atoms with Crippen LogP contribution in [0, 0.1) is 22.7 Å². The Morgan fingerprint density at radius 2 is 1.89 bits per heavy atom. The molecule has 0 aromatic heterocycles. The highest BCUT2D eigenvalue weighted by Gasteiger charge is 2.28. The lowest BCUT2D eigenvalue weighted by atomic mass is 9.84. The fraction of sp³-hybridized carbons (Fsp3) is 0.938. The second kappa shape index (κ2) is 6.74. The van der Waals surface area contributed by atoms with Crippen molar-refractivity contribution in [3.8, 4) is 0 Å². The van der Waals surface area contributed by atoms with E-state index in [0.29, 0.717) is 5.84 Å². The van der Waals surface area contributed by atoms with Crippen LogP contribution in [0.25, 0.3) is 0 Å². The van der Waals surface area contributed by atoms with Gasteiger partial charge in [0.2, 0.25) is 0 Å². The summed E-state index contributed by atoms with van der Waals surface area (Å²) >= 11 is 0. The Morgan fingerprint density at radius 1 is 1.26 bits per heavy atom. The number of amidine groups is 1. The van der Waals surface area contributed by atoms with Crippen molar-refractivity contribution in [1.29, 1.82) is 5.41 Å². The minimum atomic E-state index is -0.131. The molecule has 3 atom stereocenters. The van der Waals surface area contributed by atoms with Gasteiger partial charge in [-0.2, -0.15) is 0 Å². The average Bonchev–Trinajstić information content (AvgIpc) is 2.30.